The number of carbonyl (C=O) groups is 2. The van der Waals surface area contributed by atoms with E-state index in [0.717, 1.165) is 11.4 Å². The Morgan fingerprint density at radius 2 is 1.83 bits per heavy atom. The molecule has 0 bridgehead atoms. The van der Waals surface area contributed by atoms with Crippen LogP contribution in [0, 0.1) is 5.92 Å². The number of carbonyl (C=O) groups excluding carboxylic acids is 2. The minimum absolute atomic E-state index is 0.0367. The highest BCUT2D eigenvalue weighted by atomic mass is 32.2. The fourth-order valence-corrected chi connectivity index (χ4v) is 2.94. The van der Waals surface area contributed by atoms with Crippen LogP contribution in [0.1, 0.15) is 17.3 Å². The number of thioether (sulfide) groups is 1. The van der Waals surface area contributed by atoms with E-state index < -0.39 is 0 Å². The normalized spacial score (nSPS) is 11.6. The highest BCUT2D eigenvalue weighted by Gasteiger charge is 2.16. The number of rotatable bonds is 6. The van der Waals surface area contributed by atoms with Gasteiger partial charge in [0, 0.05) is 35.7 Å². The molecule has 1 N–H and O–H groups in total. The van der Waals surface area contributed by atoms with Crippen LogP contribution in [0.2, 0.25) is 0 Å². The number of hydrogen-bond acceptors (Lipinski definition) is 3. The highest BCUT2D eigenvalue weighted by molar-refractivity contribution is 7.98. The molecule has 0 heterocycles. The van der Waals surface area contributed by atoms with Gasteiger partial charge in [0.05, 0.1) is 0 Å². The van der Waals surface area contributed by atoms with Crippen LogP contribution in [0.5, 0.6) is 0 Å². The van der Waals surface area contributed by atoms with Gasteiger partial charge in [-0.2, -0.15) is 11.8 Å². The molecule has 0 unspecified atom stereocenters. The standard InChI is InChI=1S/C19H22N2O2S/c1-14(13-24-3)18(22)20-16-9-7-8-15(12-16)19(23)21(2)17-10-5-4-6-11-17/h4-12,14H,13H2,1-3H3,(H,20,22)/t14-/m1/s1. The van der Waals surface area contributed by atoms with Crippen LogP contribution in [-0.2, 0) is 4.79 Å². The predicted molar refractivity (Wildman–Crippen MR) is 102 cm³/mol. The number of nitrogens with zero attached hydrogens (tertiary/aromatic N) is 1. The second kappa shape index (κ2) is 8.55. The lowest BCUT2D eigenvalue weighted by Crippen LogP contribution is -2.26. The van der Waals surface area contributed by atoms with Crippen LogP contribution in [-0.4, -0.2) is 30.9 Å². The largest absolute Gasteiger partial charge is 0.326 e. The summed E-state index contributed by atoms with van der Waals surface area (Å²) in [4.78, 5) is 26.3. The lowest BCUT2D eigenvalue weighted by molar-refractivity contribution is -0.118. The molecule has 0 aromatic heterocycles. The van der Waals surface area contributed by atoms with Crippen LogP contribution in [0.25, 0.3) is 0 Å². The Balaban J connectivity index is 2.12. The van der Waals surface area contributed by atoms with Gasteiger partial charge < -0.3 is 10.2 Å². The quantitative estimate of drug-likeness (QED) is 0.866. The third-order valence-corrected chi connectivity index (χ3v) is 4.52. The van der Waals surface area contributed by atoms with Crippen molar-refractivity contribution in [2.45, 2.75) is 6.92 Å². The van der Waals surface area contributed by atoms with Crippen molar-refractivity contribution < 1.29 is 9.59 Å². The van der Waals surface area contributed by atoms with Crippen LogP contribution in [0.15, 0.2) is 54.6 Å². The van der Waals surface area contributed by atoms with E-state index in [1.54, 1.807) is 48.0 Å². The zero-order valence-electron chi connectivity index (χ0n) is 14.2. The molecule has 2 amide bonds. The summed E-state index contributed by atoms with van der Waals surface area (Å²) in [6, 6.07) is 16.5. The summed E-state index contributed by atoms with van der Waals surface area (Å²) in [5, 5.41) is 2.88. The van der Waals surface area contributed by atoms with Crippen molar-refractivity contribution >= 4 is 35.0 Å². The molecule has 0 aliphatic rings. The third-order valence-electron chi connectivity index (χ3n) is 3.69. The van der Waals surface area contributed by atoms with E-state index >= 15 is 0 Å². The summed E-state index contributed by atoms with van der Waals surface area (Å²) in [5.74, 6) is 0.535. The number of amides is 2. The highest BCUT2D eigenvalue weighted by Crippen LogP contribution is 2.18. The summed E-state index contributed by atoms with van der Waals surface area (Å²) in [6.07, 6.45) is 1.97. The maximum atomic E-state index is 12.6. The SMILES string of the molecule is CSC[C@@H](C)C(=O)Nc1cccc(C(=O)N(C)c2ccccc2)c1. The molecule has 2 rings (SSSR count). The van der Waals surface area contributed by atoms with Crippen LogP contribution in [0.4, 0.5) is 11.4 Å². The van der Waals surface area contributed by atoms with Gasteiger partial charge in [0.2, 0.25) is 5.91 Å². The molecule has 126 valence electrons. The molecule has 24 heavy (non-hydrogen) atoms. The van der Waals surface area contributed by atoms with Crippen molar-refractivity contribution in [2.24, 2.45) is 5.92 Å². The molecule has 4 nitrogen and oxygen atoms in total. The zero-order chi connectivity index (χ0) is 17.5. The number of hydrogen-bond donors (Lipinski definition) is 1. The van der Waals surface area contributed by atoms with E-state index in [2.05, 4.69) is 5.32 Å². The zero-order valence-corrected chi connectivity index (χ0v) is 15.0. The van der Waals surface area contributed by atoms with Gasteiger partial charge in [0.15, 0.2) is 0 Å². The number of nitrogens with one attached hydrogen (secondary N) is 1. The third kappa shape index (κ3) is 4.61. The molecule has 0 saturated heterocycles. The lowest BCUT2D eigenvalue weighted by atomic mass is 10.1. The average Bonchev–Trinajstić information content (AvgIpc) is 2.61. The van der Waals surface area contributed by atoms with Gasteiger partial charge in [-0.25, -0.2) is 0 Å². The second-order valence-electron chi connectivity index (χ2n) is 5.63. The van der Waals surface area contributed by atoms with Crippen LogP contribution >= 0.6 is 11.8 Å². The molecule has 5 heteroatoms. The predicted octanol–water partition coefficient (Wildman–Crippen LogP) is 3.90. The summed E-state index contributed by atoms with van der Waals surface area (Å²) in [7, 11) is 1.74. The first kappa shape index (κ1) is 18.1. The maximum absolute atomic E-state index is 12.6. The van der Waals surface area contributed by atoms with Crippen molar-refractivity contribution in [1.82, 2.24) is 0 Å². The number of benzene rings is 2. The van der Waals surface area contributed by atoms with Crippen molar-refractivity contribution in [3.63, 3.8) is 0 Å². The van der Waals surface area contributed by atoms with Gasteiger partial charge >= 0.3 is 0 Å². The molecule has 2 aromatic carbocycles. The minimum Gasteiger partial charge on any atom is -0.326 e. The molecule has 1 atom stereocenters. The summed E-state index contributed by atoms with van der Waals surface area (Å²) < 4.78 is 0. The van der Waals surface area contributed by atoms with E-state index in [1.165, 1.54) is 0 Å². The molecule has 0 fully saturated rings. The summed E-state index contributed by atoms with van der Waals surface area (Å²) >= 11 is 1.64. The first-order valence-corrected chi connectivity index (χ1v) is 9.15. The van der Waals surface area contributed by atoms with Gasteiger partial charge in [-0.05, 0) is 36.6 Å². The van der Waals surface area contributed by atoms with E-state index in [0.29, 0.717) is 11.3 Å². The summed E-state index contributed by atoms with van der Waals surface area (Å²) in [6.45, 7) is 1.89. The van der Waals surface area contributed by atoms with Gasteiger partial charge in [0.1, 0.15) is 0 Å². The van der Waals surface area contributed by atoms with Crippen molar-refractivity contribution in [1.29, 1.82) is 0 Å². The number of anilines is 2. The fourth-order valence-electron chi connectivity index (χ4n) is 2.28. The van der Waals surface area contributed by atoms with Crippen LogP contribution in [0.3, 0.4) is 0 Å². The molecule has 0 aliphatic heterocycles. The molecule has 0 saturated carbocycles. The van der Waals surface area contributed by atoms with Crippen molar-refractivity contribution in [2.75, 3.05) is 29.3 Å². The Labute approximate surface area is 147 Å². The van der Waals surface area contributed by atoms with Crippen molar-refractivity contribution in [3.8, 4) is 0 Å². The Kier molecular flexibility index (Phi) is 6.44. The van der Waals surface area contributed by atoms with E-state index in [-0.39, 0.29) is 17.7 Å². The average molecular weight is 342 g/mol. The van der Waals surface area contributed by atoms with Gasteiger partial charge in [-0.15, -0.1) is 0 Å². The summed E-state index contributed by atoms with van der Waals surface area (Å²) in [5.41, 5.74) is 2.00. The molecule has 2 aromatic rings. The first-order chi connectivity index (χ1) is 11.5. The Hall–Kier alpha value is -2.27. The fraction of sp³-hybridized carbons (Fsp3) is 0.263. The maximum Gasteiger partial charge on any atom is 0.258 e. The Morgan fingerprint density at radius 3 is 2.50 bits per heavy atom. The second-order valence-corrected chi connectivity index (χ2v) is 6.54. The topological polar surface area (TPSA) is 49.4 Å². The molecule has 0 aliphatic carbocycles. The monoisotopic (exact) mass is 342 g/mol. The van der Waals surface area contributed by atoms with E-state index in [9.17, 15) is 9.59 Å². The smallest absolute Gasteiger partial charge is 0.258 e. The van der Waals surface area contributed by atoms with Gasteiger partial charge in [-0.1, -0.05) is 31.2 Å². The Morgan fingerprint density at radius 1 is 1.12 bits per heavy atom. The number of para-hydroxylation sites is 1. The van der Waals surface area contributed by atoms with E-state index in [1.807, 2.05) is 43.5 Å². The molecular formula is C19H22N2O2S. The van der Waals surface area contributed by atoms with Gasteiger partial charge in [0.25, 0.3) is 5.91 Å². The molecular weight excluding hydrogens is 320 g/mol. The Bertz CT molecular complexity index is 704. The molecule has 0 spiro atoms. The lowest BCUT2D eigenvalue weighted by Gasteiger charge is -2.18. The first-order valence-electron chi connectivity index (χ1n) is 7.76. The molecule has 0 radical (unpaired) electrons. The van der Waals surface area contributed by atoms with Crippen molar-refractivity contribution in [3.05, 3.63) is 60.2 Å². The minimum atomic E-state index is -0.116. The van der Waals surface area contributed by atoms with E-state index in [4.69, 9.17) is 0 Å². The van der Waals surface area contributed by atoms with Gasteiger partial charge in [-0.3, -0.25) is 9.59 Å². The van der Waals surface area contributed by atoms with Crippen LogP contribution < -0.4 is 10.2 Å².